The van der Waals surface area contributed by atoms with Crippen LogP contribution in [0.15, 0.2) is 30.5 Å². The van der Waals surface area contributed by atoms with Gasteiger partial charge in [0.05, 0.1) is 10.6 Å². The minimum atomic E-state index is -4.63. The van der Waals surface area contributed by atoms with Crippen LogP contribution in [-0.4, -0.2) is 4.98 Å². The molecule has 8 heteroatoms. The highest BCUT2D eigenvalue weighted by atomic mass is 35.5. The van der Waals surface area contributed by atoms with Gasteiger partial charge in [-0.2, -0.15) is 18.4 Å². The molecular weight excluding hydrogens is 312 g/mol. The van der Waals surface area contributed by atoms with Crippen molar-refractivity contribution in [1.82, 2.24) is 4.98 Å². The molecule has 0 spiro atoms. The van der Waals surface area contributed by atoms with Crippen LogP contribution in [0.25, 0.3) is 0 Å². The first kappa shape index (κ1) is 15.1. The molecule has 0 fully saturated rings. The molecular formula is C13H5ClF4N2O. The molecule has 0 unspecified atom stereocenters. The van der Waals surface area contributed by atoms with Gasteiger partial charge in [-0.15, -0.1) is 0 Å². The van der Waals surface area contributed by atoms with E-state index in [4.69, 9.17) is 21.6 Å². The fourth-order valence-corrected chi connectivity index (χ4v) is 1.64. The van der Waals surface area contributed by atoms with Crippen LogP contribution in [0.4, 0.5) is 17.6 Å². The summed E-state index contributed by atoms with van der Waals surface area (Å²) in [6.07, 6.45) is -4.11. The van der Waals surface area contributed by atoms with Gasteiger partial charge in [-0.25, -0.2) is 9.37 Å². The molecule has 0 aliphatic heterocycles. The summed E-state index contributed by atoms with van der Waals surface area (Å²) in [7, 11) is 0. The van der Waals surface area contributed by atoms with Crippen molar-refractivity contribution in [2.24, 2.45) is 0 Å². The molecule has 108 valence electrons. The molecule has 0 N–H and O–H groups in total. The van der Waals surface area contributed by atoms with Gasteiger partial charge in [0.1, 0.15) is 17.6 Å². The maximum absolute atomic E-state index is 12.9. The average molecular weight is 317 g/mol. The zero-order valence-electron chi connectivity index (χ0n) is 10.1. The number of ether oxygens (including phenoxy) is 1. The summed E-state index contributed by atoms with van der Waals surface area (Å²) < 4.78 is 55.9. The summed E-state index contributed by atoms with van der Waals surface area (Å²) in [6.45, 7) is 0. The summed E-state index contributed by atoms with van der Waals surface area (Å²) in [5.74, 6) is -1.13. The second kappa shape index (κ2) is 5.58. The lowest BCUT2D eigenvalue weighted by molar-refractivity contribution is -0.137. The quantitative estimate of drug-likeness (QED) is 0.763. The number of nitrogens with zero attached hydrogens (tertiary/aromatic N) is 2. The zero-order valence-corrected chi connectivity index (χ0v) is 10.8. The molecule has 2 aromatic rings. The molecule has 0 saturated carbocycles. The van der Waals surface area contributed by atoms with Crippen molar-refractivity contribution in [2.45, 2.75) is 6.18 Å². The third kappa shape index (κ3) is 3.41. The predicted molar refractivity (Wildman–Crippen MR) is 65.4 cm³/mol. The van der Waals surface area contributed by atoms with E-state index in [0.29, 0.717) is 12.3 Å². The lowest BCUT2D eigenvalue weighted by atomic mass is 10.2. The van der Waals surface area contributed by atoms with Crippen molar-refractivity contribution >= 4 is 11.6 Å². The third-order valence-electron chi connectivity index (χ3n) is 2.40. The Morgan fingerprint density at radius 1 is 1.19 bits per heavy atom. The number of hydrogen-bond donors (Lipinski definition) is 0. The van der Waals surface area contributed by atoms with Crippen molar-refractivity contribution < 1.29 is 22.3 Å². The normalized spacial score (nSPS) is 11.0. The maximum atomic E-state index is 12.9. The van der Waals surface area contributed by atoms with Crippen LogP contribution in [0.1, 0.15) is 11.3 Å². The van der Waals surface area contributed by atoms with Crippen LogP contribution in [-0.2, 0) is 6.18 Å². The van der Waals surface area contributed by atoms with Crippen molar-refractivity contribution in [3.8, 4) is 17.6 Å². The van der Waals surface area contributed by atoms with Crippen molar-refractivity contribution in [2.75, 3.05) is 0 Å². The van der Waals surface area contributed by atoms with E-state index >= 15 is 0 Å². The second-order valence-corrected chi connectivity index (χ2v) is 4.26. The van der Waals surface area contributed by atoms with Gasteiger partial charge >= 0.3 is 6.18 Å². The highest BCUT2D eigenvalue weighted by molar-refractivity contribution is 6.32. The second-order valence-electron chi connectivity index (χ2n) is 3.86. The zero-order chi connectivity index (χ0) is 15.6. The van der Waals surface area contributed by atoms with E-state index in [9.17, 15) is 17.6 Å². The smallest absolute Gasteiger partial charge is 0.418 e. The van der Waals surface area contributed by atoms with Gasteiger partial charge in [0.2, 0.25) is 0 Å². The minimum Gasteiger partial charge on any atom is -0.453 e. The number of pyridine rings is 1. The first-order valence-corrected chi connectivity index (χ1v) is 5.79. The lowest BCUT2D eigenvalue weighted by Gasteiger charge is -2.11. The molecule has 0 atom stereocenters. The molecule has 2 rings (SSSR count). The van der Waals surface area contributed by atoms with E-state index in [1.165, 1.54) is 0 Å². The summed E-state index contributed by atoms with van der Waals surface area (Å²) in [5, 5.41) is 8.69. The lowest BCUT2D eigenvalue weighted by Crippen LogP contribution is -2.06. The van der Waals surface area contributed by atoms with Gasteiger partial charge in [0.15, 0.2) is 11.4 Å². The van der Waals surface area contributed by atoms with E-state index in [1.807, 2.05) is 0 Å². The maximum Gasteiger partial charge on any atom is 0.418 e. The Kier molecular flexibility index (Phi) is 4.00. The van der Waals surface area contributed by atoms with Gasteiger partial charge in [-0.3, -0.25) is 0 Å². The molecule has 21 heavy (non-hydrogen) atoms. The molecule has 0 aliphatic carbocycles. The number of rotatable bonds is 2. The van der Waals surface area contributed by atoms with Crippen LogP contribution in [0.5, 0.6) is 11.5 Å². The van der Waals surface area contributed by atoms with Gasteiger partial charge in [-0.05, 0) is 24.3 Å². The van der Waals surface area contributed by atoms with E-state index < -0.39 is 23.3 Å². The average Bonchev–Trinajstić information content (AvgIpc) is 2.41. The van der Waals surface area contributed by atoms with Crippen LogP contribution in [0.3, 0.4) is 0 Å². The Morgan fingerprint density at radius 2 is 1.90 bits per heavy atom. The Bertz CT molecular complexity index is 725. The molecule has 0 radical (unpaired) electrons. The van der Waals surface area contributed by atoms with E-state index in [0.717, 1.165) is 18.2 Å². The van der Waals surface area contributed by atoms with E-state index in [2.05, 4.69) is 4.98 Å². The molecule has 1 heterocycles. The monoisotopic (exact) mass is 316 g/mol. The fraction of sp³-hybridized carbons (Fsp3) is 0.0769. The summed E-state index contributed by atoms with van der Waals surface area (Å²) in [6, 6.07) is 5.33. The Balaban J connectivity index is 2.45. The third-order valence-corrected chi connectivity index (χ3v) is 2.70. The van der Waals surface area contributed by atoms with Gasteiger partial charge in [0.25, 0.3) is 0 Å². The van der Waals surface area contributed by atoms with Crippen LogP contribution < -0.4 is 4.74 Å². The first-order chi connectivity index (χ1) is 9.81. The Morgan fingerprint density at radius 3 is 2.48 bits per heavy atom. The largest absolute Gasteiger partial charge is 0.453 e. The van der Waals surface area contributed by atoms with Crippen LogP contribution in [0.2, 0.25) is 5.02 Å². The SMILES string of the molecule is N#Cc1ncc(C(F)(F)F)cc1Oc1ccc(F)cc1Cl. The molecule has 1 aromatic carbocycles. The number of alkyl halides is 3. The Labute approximate surface area is 121 Å². The molecule has 3 nitrogen and oxygen atoms in total. The number of hydrogen-bond acceptors (Lipinski definition) is 3. The summed E-state index contributed by atoms with van der Waals surface area (Å²) in [5.41, 5.74) is -1.42. The molecule has 1 aromatic heterocycles. The highest BCUT2D eigenvalue weighted by Gasteiger charge is 2.32. The number of halogens is 5. The molecule has 0 aliphatic rings. The molecule has 0 amide bonds. The van der Waals surface area contributed by atoms with Crippen molar-refractivity contribution in [3.63, 3.8) is 0 Å². The number of benzene rings is 1. The predicted octanol–water partition coefficient (Wildman–Crippen LogP) is 4.56. The minimum absolute atomic E-state index is 0.0873. The standard InChI is InChI=1S/C13H5ClF4N2O/c14-9-4-8(15)1-2-11(9)21-12-3-7(13(16,17)18)6-20-10(12)5-19/h1-4,6H. The number of nitriles is 1. The summed E-state index contributed by atoms with van der Waals surface area (Å²) in [4.78, 5) is 3.38. The van der Waals surface area contributed by atoms with Crippen molar-refractivity contribution in [3.05, 3.63) is 52.6 Å². The highest BCUT2D eigenvalue weighted by Crippen LogP contribution is 2.35. The first-order valence-electron chi connectivity index (χ1n) is 5.41. The van der Waals surface area contributed by atoms with Gasteiger partial charge in [-0.1, -0.05) is 11.6 Å². The van der Waals surface area contributed by atoms with Crippen LogP contribution in [0, 0.1) is 17.1 Å². The fourth-order valence-electron chi connectivity index (χ4n) is 1.44. The van der Waals surface area contributed by atoms with Crippen molar-refractivity contribution in [1.29, 1.82) is 5.26 Å². The Hall–Kier alpha value is -2.33. The van der Waals surface area contributed by atoms with Gasteiger partial charge < -0.3 is 4.74 Å². The number of aromatic nitrogens is 1. The summed E-state index contributed by atoms with van der Waals surface area (Å²) >= 11 is 5.71. The van der Waals surface area contributed by atoms with E-state index in [-0.39, 0.29) is 16.5 Å². The molecule has 0 saturated heterocycles. The van der Waals surface area contributed by atoms with Crippen LogP contribution >= 0.6 is 11.6 Å². The molecule has 0 bridgehead atoms. The van der Waals surface area contributed by atoms with Gasteiger partial charge in [0, 0.05) is 6.20 Å². The van der Waals surface area contributed by atoms with E-state index in [1.54, 1.807) is 6.07 Å². The topological polar surface area (TPSA) is 45.9 Å².